The van der Waals surface area contributed by atoms with Gasteiger partial charge in [0, 0.05) is 11.8 Å². The summed E-state index contributed by atoms with van der Waals surface area (Å²) in [4.78, 5) is 0. The number of nitrogens with two attached hydrogens (primary N) is 1. The van der Waals surface area contributed by atoms with Crippen LogP contribution in [0.2, 0.25) is 0 Å². The van der Waals surface area contributed by atoms with Crippen LogP contribution >= 0.6 is 0 Å². The van der Waals surface area contributed by atoms with Gasteiger partial charge in [-0.2, -0.15) is 0 Å². The molecule has 0 bridgehead atoms. The average Bonchev–Trinajstić information content (AvgIpc) is 2.17. The van der Waals surface area contributed by atoms with Crippen LogP contribution in [0.25, 0.3) is 0 Å². The van der Waals surface area contributed by atoms with Gasteiger partial charge in [0.15, 0.2) is 0 Å². The standard InChI is InChI=1S/C6H7NO.C3H8O3/c7-5-2-1-3-6(8)4-5;4-1-3(6)2-5/h1-4,8H,7H2;3-6H,1-2H2. The molecule has 0 atom stereocenters. The predicted octanol–water partition coefficient (Wildman–Crippen LogP) is -0.694. The van der Waals surface area contributed by atoms with Gasteiger partial charge in [0.05, 0.1) is 13.2 Å². The Morgan fingerprint density at radius 3 is 2.00 bits per heavy atom. The van der Waals surface area contributed by atoms with Crippen molar-refractivity contribution in [3.05, 3.63) is 24.3 Å². The minimum absolute atomic E-state index is 0.213. The number of anilines is 1. The van der Waals surface area contributed by atoms with Crippen LogP contribution in [-0.4, -0.2) is 39.7 Å². The summed E-state index contributed by atoms with van der Waals surface area (Å²) in [5, 5.41) is 32.7. The molecular weight excluding hydrogens is 186 g/mol. The van der Waals surface area contributed by atoms with Gasteiger partial charge in [-0.05, 0) is 12.1 Å². The van der Waals surface area contributed by atoms with Gasteiger partial charge in [0.2, 0.25) is 0 Å². The second-order valence-corrected chi connectivity index (χ2v) is 2.61. The molecule has 0 aliphatic rings. The fourth-order valence-electron chi connectivity index (χ4n) is 0.583. The topological polar surface area (TPSA) is 107 Å². The second kappa shape index (κ2) is 7.14. The molecule has 0 spiro atoms. The molecule has 0 saturated heterocycles. The number of rotatable bonds is 2. The normalized spacial score (nSPS) is 9.43. The van der Waals surface area contributed by atoms with Crippen molar-refractivity contribution < 1.29 is 20.4 Å². The Morgan fingerprint density at radius 2 is 1.79 bits per heavy atom. The first-order chi connectivity index (χ1) is 6.60. The Kier molecular flexibility index (Phi) is 6.47. The molecule has 1 aromatic carbocycles. The van der Waals surface area contributed by atoms with E-state index in [0.29, 0.717) is 5.69 Å². The number of hydrogen-bond donors (Lipinski definition) is 5. The second-order valence-electron chi connectivity index (χ2n) is 2.61. The van der Waals surface area contributed by atoms with Crippen LogP contribution in [0.4, 0.5) is 5.69 Å². The number of aliphatic hydroxyl groups excluding tert-OH is 3. The summed E-state index contributed by atoms with van der Waals surface area (Å²) in [6, 6.07) is 6.50. The van der Waals surface area contributed by atoms with Crippen molar-refractivity contribution in [2.24, 2.45) is 0 Å². The first-order valence-corrected chi connectivity index (χ1v) is 4.04. The Balaban J connectivity index is 0.000000255. The molecule has 14 heavy (non-hydrogen) atoms. The fourth-order valence-corrected chi connectivity index (χ4v) is 0.583. The number of phenolic OH excluding ortho intramolecular Hbond substituents is 1. The third kappa shape index (κ3) is 6.24. The van der Waals surface area contributed by atoms with Crippen LogP contribution in [0.3, 0.4) is 0 Å². The number of aliphatic hydroxyl groups is 3. The zero-order valence-corrected chi connectivity index (χ0v) is 7.67. The molecule has 0 saturated carbocycles. The Hall–Kier alpha value is -1.30. The molecule has 0 amide bonds. The lowest BCUT2D eigenvalue weighted by Gasteiger charge is -1.96. The third-order valence-electron chi connectivity index (χ3n) is 1.29. The minimum atomic E-state index is -0.954. The summed E-state index contributed by atoms with van der Waals surface area (Å²) in [6.07, 6.45) is -0.954. The minimum Gasteiger partial charge on any atom is -0.508 e. The summed E-state index contributed by atoms with van der Waals surface area (Å²) in [5.74, 6) is 0.213. The van der Waals surface area contributed by atoms with E-state index in [0.717, 1.165) is 0 Å². The highest BCUT2D eigenvalue weighted by Gasteiger charge is 1.93. The first kappa shape index (κ1) is 12.7. The van der Waals surface area contributed by atoms with Gasteiger partial charge in [-0.1, -0.05) is 6.07 Å². The van der Waals surface area contributed by atoms with Crippen LogP contribution in [0.1, 0.15) is 0 Å². The molecule has 0 unspecified atom stereocenters. The number of aromatic hydroxyl groups is 1. The Morgan fingerprint density at radius 1 is 1.21 bits per heavy atom. The summed E-state index contributed by atoms with van der Waals surface area (Å²) >= 11 is 0. The van der Waals surface area contributed by atoms with Gasteiger partial charge in [-0.15, -0.1) is 0 Å². The zero-order chi connectivity index (χ0) is 11.0. The number of nitrogen functional groups attached to an aromatic ring is 1. The van der Waals surface area contributed by atoms with E-state index in [2.05, 4.69) is 0 Å². The van der Waals surface area contributed by atoms with Crippen LogP contribution in [0, 0.1) is 0 Å². The highest BCUT2D eigenvalue weighted by molar-refractivity contribution is 5.42. The molecule has 0 fully saturated rings. The average molecular weight is 201 g/mol. The summed E-state index contributed by atoms with van der Waals surface area (Å²) in [7, 11) is 0. The molecule has 5 heteroatoms. The number of benzene rings is 1. The zero-order valence-electron chi connectivity index (χ0n) is 7.67. The lowest BCUT2D eigenvalue weighted by Crippen LogP contribution is -2.15. The van der Waals surface area contributed by atoms with Crippen LogP contribution in [-0.2, 0) is 0 Å². The summed E-state index contributed by atoms with van der Waals surface area (Å²) in [6.45, 7) is -0.729. The van der Waals surface area contributed by atoms with Crippen LogP contribution < -0.4 is 5.73 Å². The van der Waals surface area contributed by atoms with E-state index in [-0.39, 0.29) is 19.0 Å². The summed E-state index contributed by atoms with van der Waals surface area (Å²) in [5.41, 5.74) is 5.89. The molecule has 80 valence electrons. The predicted molar refractivity (Wildman–Crippen MR) is 52.7 cm³/mol. The lowest BCUT2D eigenvalue weighted by atomic mass is 10.3. The molecule has 0 radical (unpaired) electrons. The van der Waals surface area contributed by atoms with Gasteiger partial charge in [0.1, 0.15) is 11.9 Å². The van der Waals surface area contributed by atoms with E-state index >= 15 is 0 Å². The molecule has 0 aromatic heterocycles. The van der Waals surface area contributed by atoms with Crippen molar-refractivity contribution in [1.29, 1.82) is 0 Å². The van der Waals surface area contributed by atoms with Crippen molar-refractivity contribution in [2.75, 3.05) is 18.9 Å². The number of hydrogen-bond acceptors (Lipinski definition) is 5. The summed E-state index contributed by atoms with van der Waals surface area (Å²) < 4.78 is 0. The molecule has 1 rings (SSSR count). The Bertz CT molecular complexity index is 233. The SMILES string of the molecule is Nc1cccc(O)c1.OCC(O)CO. The van der Waals surface area contributed by atoms with Crippen LogP contribution in [0.5, 0.6) is 5.75 Å². The third-order valence-corrected chi connectivity index (χ3v) is 1.29. The van der Waals surface area contributed by atoms with Gasteiger partial charge in [-0.3, -0.25) is 0 Å². The quantitative estimate of drug-likeness (QED) is 0.407. The van der Waals surface area contributed by atoms with E-state index in [9.17, 15) is 0 Å². The molecule has 0 aliphatic heterocycles. The molecule has 0 aliphatic carbocycles. The van der Waals surface area contributed by atoms with Crippen molar-refractivity contribution in [1.82, 2.24) is 0 Å². The molecule has 6 N–H and O–H groups in total. The maximum Gasteiger partial charge on any atom is 0.117 e. The molecular formula is C9H15NO4. The Labute approximate surface area is 82.0 Å². The van der Waals surface area contributed by atoms with E-state index < -0.39 is 6.10 Å². The highest BCUT2D eigenvalue weighted by Crippen LogP contribution is 2.10. The van der Waals surface area contributed by atoms with Crippen molar-refractivity contribution >= 4 is 5.69 Å². The van der Waals surface area contributed by atoms with Gasteiger partial charge in [0.25, 0.3) is 0 Å². The van der Waals surface area contributed by atoms with Gasteiger partial charge in [-0.25, -0.2) is 0 Å². The van der Waals surface area contributed by atoms with Crippen molar-refractivity contribution in [3.8, 4) is 5.75 Å². The largest absolute Gasteiger partial charge is 0.508 e. The van der Waals surface area contributed by atoms with E-state index in [1.54, 1.807) is 18.2 Å². The molecule has 0 heterocycles. The fraction of sp³-hybridized carbons (Fsp3) is 0.333. The van der Waals surface area contributed by atoms with Gasteiger partial charge >= 0.3 is 0 Å². The molecule has 5 nitrogen and oxygen atoms in total. The van der Waals surface area contributed by atoms with E-state index in [1.165, 1.54) is 6.07 Å². The smallest absolute Gasteiger partial charge is 0.117 e. The first-order valence-electron chi connectivity index (χ1n) is 4.04. The monoisotopic (exact) mass is 201 g/mol. The lowest BCUT2D eigenvalue weighted by molar-refractivity contribution is 0.0450. The van der Waals surface area contributed by atoms with Crippen molar-refractivity contribution in [3.63, 3.8) is 0 Å². The number of phenols is 1. The highest BCUT2D eigenvalue weighted by atomic mass is 16.3. The maximum absolute atomic E-state index is 8.73. The van der Waals surface area contributed by atoms with Crippen molar-refractivity contribution in [2.45, 2.75) is 6.10 Å². The van der Waals surface area contributed by atoms with Gasteiger partial charge < -0.3 is 26.2 Å². The maximum atomic E-state index is 8.73. The van der Waals surface area contributed by atoms with E-state index in [1.807, 2.05) is 0 Å². The van der Waals surface area contributed by atoms with Crippen LogP contribution in [0.15, 0.2) is 24.3 Å². The molecule has 1 aromatic rings. The van der Waals surface area contributed by atoms with E-state index in [4.69, 9.17) is 26.2 Å².